The van der Waals surface area contributed by atoms with Crippen LogP contribution in [0.1, 0.15) is 32.6 Å². The number of sulfone groups is 1. The number of hydrogen-bond acceptors (Lipinski definition) is 4. The Bertz CT molecular complexity index is 353. The van der Waals surface area contributed by atoms with E-state index in [1.54, 1.807) is 0 Å². The molecular formula is C10H20N2O3S. The van der Waals surface area contributed by atoms with Crippen LogP contribution in [0.4, 0.5) is 0 Å². The van der Waals surface area contributed by atoms with Gasteiger partial charge in [0.1, 0.15) is 0 Å². The van der Waals surface area contributed by atoms with Crippen molar-refractivity contribution < 1.29 is 13.2 Å². The molecule has 0 aromatic rings. The first kappa shape index (κ1) is 13.4. The van der Waals surface area contributed by atoms with Crippen molar-refractivity contribution in [2.24, 2.45) is 17.4 Å². The van der Waals surface area contributed by atoms with E-state index in [-0.39, 0.29) is 11.0 Å². The van der Waals surface area contributed by atoms with Crippen LogP contribution < -0.4 is 11.5 Å². The molecular weight excluding hydrogens is 228 g/mol. The van der Waals surface area contributed by atoms with Gasteiger partial charge in [0.15, 0.2) is 9.84 Å². The summed E-state index contributed by atoms with van der Waals surface area (Å²) in [6.07, 6.45) is 3.36. The Hall–Kier alpha value is -0.620. The molecule has 5 nitrogen and oxygen atoms in total. The Labute approximate surface area is 96.5 Å². The van der Waals surface area contributed by atoms with Crippen LogP contribution in [0.2, 0.25) is 0 Å². The third-order valence-electron chi connectivity index (χ3n) is 3.17. The first-order valence-electron chi connectivity index (χ1n) is 5.59. The third-order valence-corrected chi connectivity index (χ3v) is 5.44. The molecule has 1 amide bonds. The number of primary amides is 1. The van der Waals surface area contributed by atoms with Crippen LogP contribution in [0.15, 0.2) is 0 Å². The molecule has 0 heterocycles. The van der Waals surface area contributed by atoms with Gasteiger partial charge in [-0.1, -0.05) is 19.8 Å². The van der Waals surface area contributed by atoms with Crippen molar-refractivity contribution in [3.63, 3.8) is 0 Å². The molecule has 1 fully saturated rings. The minimum Gasteiger partial charge on any atom is -0.368 e. The Balaban J connectivity index is 2.66. The van der Waals surface area contributed by atoms with Crippen LogP contribution in [-0.2, 0) is 14.6 Å². The Kier molecular flexibility index (Phi) is 4.32. The third kappa shape index (κ3) is 3.45. The molecule has 3 unspecified atom stereocenters. The second kappa shape index (κ2) is 5.14. The van der Waals surface area contributed by atoms with Gasteiger partial charge in [-0.15, -0.1) is 0 Å². The van der Waals surface area contributed by atoms with Gasteiger partial charge in [0.2, 0.25) is 5.91 Å². The van der Waals surface area contributed by atoms with E-state index in [9.17, 15) is 13.2 Å². The second-order valence-electron chi connectivity index (χ2n) is 4.73. The predicted octanol–water partition coefficient (Wildman–Crippen LogP) is -0.207. The zero-order valence-electron chi connectivity index (χ0n) is 9.56. The Morgan fingerprint density at radius 2 is 2.06 bits per heavy atom. The summed E-state index contributed by atoms with van der Waals surface area (Å²) in [5.74, 6) is -0.648. The summed E-state index contributed by atoms with van der Waals surface area (Å²) in [6, 6.07) is -1.08. The number of carbonyl (C=O) groups is 1. The molecule has 1 saturated carbocycles. The lowest BCUT2D eigenvalue weighted by atomic mass is 9.91. The summed E-state index contributed by atoms with van der Waals surface area (Å²) in [7, 11) is -3.29. The largest absolute Gasteiger partial charge is 0.368 e. The molecule has 0 bridgehead atoms. The molecule has 1 rings (SSSR count). The van der Waals surface area contributed by atoms with Crippen LogP contribution in [0.25, 0.3) is 0 Å². The van der Waals surface area contributed by atoms with Crippen LogP contribution in [0, 0.1) is 5.92 Å². The van der Waals surface area contributed by atoms with Crippen molar-refractivity contribution in [3.05, 3.63) is 0 Å². The van der Waals surface area contributed by atoms with Gasteiger partial charge in [0, 0.05) is 0 Å². The number of rotatable bonds is 4. The average Bonchev–Trinajstić information content (AvgIpc) is 2.17. The van der Waals surface area contributed by atoms with E-state index in [0.717, 1.165) is 12.8 Å². The van der Waals surface area contributed by atoms with Crippen LogP contribution in [-0.4, -0.2) is 31.4 Å². The van der Waals surface area contributed by atoms with Crippen molar-refractivity contribution in [3.8, 4) is 0 Å². The van der Waals surface area contributed by atoms with E-state index in [1.165, 1.54) is 0 Å². The van der Waals surface area contributed by atoms with Crippen molar-refractivity contribution in [1.29, 1.82) is 0 Å². The molecule has 3 atom stereocenters. The van der Waals surface area contributed by atoms with Crippen LogP contribution in [0.5, 0.6) is 0 Å². The molecule has 0 aliphatic heterocycles. The summed E-state index contributed by atoms with van der Waals surface area (Å²) in [6.45, 7) is 2.05. The van der Waals surface area contributed by atoms with Gasteiger partial charge >= 0.3 is 0 Å². The van der Waals surface area contributed by atoms with Gasteiger partial charge < -0.3 is 11.5 Å². The van der Waals surface area contributed by atoms with Crippen LogP contribution >= 0.6 is 0 Å². The maximum atomic E-state index is 12.0. The van der Waals surface area contributed by atoms with E-state index in [1.807, 2.05) is 0 Å². The molecule has 4 N–H and O–H groups in total. The molecule has 0 radical (unpaired) electrons. The molecule has 1 aliphatic carbocycles. The number of nitrogens with two attached hydrogens (primary N) is 2. The van der Waals surface area contributed by atoms with E-state index in [0.29, 0.717) is 18.8 Å². The molecule has 0 aromatic carbocycles. The van der Waals surface area contributed by atoms with Crippen molar-refractivity contribution >= 4 is 15.7 Å². The number of carbonyl (C=O) groups excluding carboxylic acids is 1. The fraction of sp³-hybridized carbons (Fsp3) is 0.900. The maximum absolute atomic E-state index is 12.0. The SMILES string of the molecule is CC1CCCC(S(=O)(=O)CC(N)C(N)=O)C1. The molecule has 0 saturated heterocycles. The Morgan fingerprint density at radius 3 is 2.56 bits per heavy atom. The van der Waals surface area contributed by atoms with E-state index >= 15 is 0 Å². The normalized spacial score (nSPS) is 28.6. The molecule has 0 aromatic heterocycles. The summed E-state index contributed by atoms with van der Waals surface area (Å²) in [4.78, 5) is 10.8. The minimum atomic E-state index is -3.29. The zero-order valence-corrected chi connectivity index (χ0v) is 10.4. The maximum Gasteiger partial charge on any atom is 0.235 e. The van der Waals surface area contributed by atoms with Crippen molar-refractivity contribution in [2.45, 2.75) is 43.9 Å². The van der Waals surface area contributed by atoms with Crippen molar-refractivity contribution in [1.82, 2.24) is 0 Å². The van der Waals surface area contributed by atoms with Gasteiger partial charge in [-0.25, -0.2) is 8.42 Å². The summed E-state index contributed by atoms with van der Waals surface area (Å²) >= 11 is 0. The molecule has 6 heteroatoms. The standard InChI is InChI=1S/C10H20N2O3S/c1-7-3-2-4-8(5-7)16(14,15)6-9(11)10(12)13/h7-9H,2-6,11H2,1H3,(H2,12,13). The molecule has 16 heavy (non-hydrogen) atoms. The highest BCUT2D eigenvalue weighted by molar-refractivity contribution is 7.92. The van der Waals surface area contributed by atoms with E-state index < -0.39 is 21.8 Å². The summed E-state index contributed by atoms with van der Waals surface area (Å²) in [5, 5.41) is -0.346. The van der Waals surface area contributed by atoms with Crippen LogP contribution in [0.3, 0.4) is 0 Å². The lowest BCUT2D eigenvalue weighted by molar-refractivity contribution is -0.118. The summed E-state index contributed by atoms with van der Waals surface area (Å²) in [5.41, 5.74) is 10.4. The van der Waals surface area contributed by atoms with Crippen molar-refractivity contribution in [2.75, 3.05) is 5.75 Å². The number of amides is 1. The monoisotopic (exact) mass is 248 g/mol. The lowest BCUT2D eigenvalue weighted by Crippen LogP contribution is -2.44. The highest BCUT2D eigenvalue weighted by Gasteiger charge is 2.32. The van der Waals surface area contributed by atoms with Gasteiger partial charge in [-0.2, -0.15) is 0 Å². The topological polar surface area (TPSA) is 103 Å². The van der Waals surface area contributed by atoms with Gasteiger partial charge in [-0.3, -0.25) is 4.79 Å². The van der Waals surface area contributed by atoms with Gasteiger partial charge in [0.25, 0.3) is 0 Å². The van der Waals surface area contributed by atoms with E-state index in [4.69, 9.17) is 11.5 Å². The molecule has 0 spiro atoms. The predicted molar refractivity (Wildman–Crippen MR) is 62.4 cm³/mol. The summed E-state index contributed by atoms with van der Waals surface area (Å²) < 4.78 is 23.9. The second-order valence-corrected chi connectivity index (χ2v) is 7.06. The smallest absolute Gasteiger partial charge is 0.235 e. The highest BCUT2D eigenvalue weighted by atomic mass is 32.2. The molecule has 94 valence electrons. The van der Waals surface area contributed by atoms with Gasteiger partial charge in [0.05, 0.1) is 17.0 Å². The quantitative estimate of drug-likeness (QED) is 0.718. The average molecular weight is 248 g/mol. The van der Waals surface area contributed by atoms with Gasteiger partial charge in [-0.05, 0) is 18.8 Å². The Morgan fingerprint density at radius 1 is 1.44 bits per heavy atom. The first-order valence-corrected chi connectivity index (χ1v) is 7.31. The first-order chi connectivity index (χ1) is 7.33. The highest BCUT2D eigenvalue weighted by Crippen LogP contribution is 2.28. The van der Waals surface area contributed by atoms with E-state index in [2.05, 4.69) is 6.92 Å². The fourth-order valence-corrected chi connectivity index (χ4v) is 4.26. The molecule has 1 aliphatic rings. The fourth-order valence-electron chi connectivity index (χ4n) is 2.17. The zero-order chi connectivity index (χ0) is 12.3. The lowest BCUT2D eigenvalue weighted by Gasteiger charge is -2.27. The minimum absolute atomic E-state index is 0.320. The number of hydrogen-bond donors (Lipinski definition) is 2.